The van der Waals surface area contributed by atoms with Crippen molar-refractivity contribution < 1.29 is 4.79 Å². The highest BCUT2D eigenvalue weighted by atomic mass is 16.2. The highest BCUT2D eigenvalue weighted by molar-refractivity contribution is 5.94. The number of nitrogens with zero attached hydrogens (tertiary/aromatic N) is 3. The summed E-state index contributed by atoms with van der Waals surface area (Å²) in [7, 11) is 0. The van der Waals surface area contributed by atoms with Gasteiger partial charge in [-0.2, -0.15) is 5.26 Å². The Hall–Kier alpha value is -2.67. The lowest BCUT2D eigenvalue weighted by Crippen LogP contribution is -2.31. The Morgan fingerprint density at radius 2 is 1.92 bits per heavy atom. The monoisotopic (exact) mass is 347 g/mol. The number of amides is 1. The largest absolute Gasteiger partial charge is 0.339 e. The number of aromatic nitrogens is 1. The number of rotatable bonds is 5. The van der Waals surface area contributed by atoms with E-state index >= 15 is 0 Å². The van der Waals surface area contributed by atoms with Crippen LogP contribution in [0, 0.1) is 11.3 Å². The molecule has 0 unspecified atom stereocenters. The maximum Gasteiger partial charge on any atom is 0.253 e. The van der Waals surface area contributed by atoms with Crippen molar-refractivity contribution in [3.05, 3.63) is 52.7 Å². The maximum absolute atomic E-state index is 12.6. The molecule has 0 N–H and O–H groups in total. The minimum atomic E-state index is 0.0554. The summed E-state index contributed by atoms with van der Waals surface area (Å²) in [6.45, 7) is 5.55. The summed E-state index contributed by atoms with van der Waals surface area (Å²) in [5, 5.41) is 9.54. The second-order valence-corrected chi connectivity index (χ2v) is 6.77. The topological polar surface area (TPSA) is 57.0 Å². The smallest absolute Gasteiger partial charge is 0.253 e. The normalized spacial score (nSPS) is 13.0. The predicted molar refractivity (Wildman–Crippen MR) is 103 cm³/mol. The van der Waals surface area contributed by atoms with Crippen molar-refractivity contribution in [2.75, 3.05) is 13.1 Å². The Labute approximate surface area is 155 Å². The van der Waals surface area contributed by atoms with Crippen molar-refractivity contribution in [3.8, 4) is 17.3 Å². The molecule has 0 bridgehead atoms. The summed E-state index contributed by atoms with van der Waals surface area (Å²) < 4.78 is 0. The lowest BCUT2D eigenvalue weighted by molar-refractivity contribution is 0.0764. The molecule has 1 heterocycles. The van der Waals surface area contributed by atoms with E-state index < -0.39 is 0 Å². The van der Waals surface area contributed by atoms with Crippen LogP contribution in [-0.2, 0) is 12.8 Å². The molecule has 1 aromatic heterocycles. The van der Waals surface area contributed by atoms with Gasteiger partial charge in [0.2, 0.25) is 0 Å². The maximum atomic E-state index is 12.6. The van der Waals surface area contributed by atoms with Crippen LogP contribution < -0.4 is 0 Å². The third-order valence-electron chi connectivity index (χ3n) is 4.99. The molecule has 1 aliphatic rings. The first-order valence-electron chi connectivity index (χ1n) is 9.50. The second kappa shape index (κ2) is 8.14. The number of benzene rings is 1. The fourth-order valence-corrected chi connectivity index (χ4v) is 3.57. The van der Waals surface area contributed by atoms with Gasteiger partial charge in [0.1, 0.15) is 6.07 Å². The highest BCUT2D eigenvalue weighted by Gasteiger charge is 2.17. The van der Waals surface area contributed by atoms with Gasteiger partial charge in [-0.3, -0.25) is 9.78 Å². The molecule has 0 atom stereocenters. The number of hydrogen-bond donors (Lipinski definition) is 0. The van der Waals surface area contributed by atoms with Gasteiger partial charge in [-0.15, -0.1) is 0 Å². The molecule has 1 amide bonds. The van der Waals surface area contributed by atoms with Crippen LogP contribution in [0.4, 0.5) is 0 Å². The van der Waals surface area contributed by atoms with Gasteiger partial charge in [0, 0.05) is 29.9 Å². The molecule has 26 heavy (non-hydrogen) atoms. The van der Waals surface area contributed by atoms with Gasteiger partial charge in [0.15, 0.2) is 0 Å². The van der Waals surface area contributed by atoms with Gasteiger partial charge in [-0.05, 0) is 62.8 Å². The van der Waals surface area contributed by atoms with E-state index in [-0.39, 0.29) is 5.91 Å². The molecule has 0 fully saturated rings. The van der Waals surface area contributed by atoms with E-state index in [0.717, 1.165) is 49.2 Å². The number of aryl methyl sites for hydroxylation is 2. The number of carbonyl (C=O) groups excluding carboxylic acids is 1. The van der Waals surface area contributed by atoms with Crippen LogP contribution in [0.2, 0.25) is 0 Å². The average Bonchev–Trinajstić information content (AvgIpc) is 2.70. The fourth-order valence-electron chi connectivity index (χ4n) is 3.57. The Morgan fingerprint density at radius 1 is 1.19 bits per heavy atom. The van der Waals surface area contributed by atoms with Gasteiger partial charge in [-0.25, -0.2) is 0 Å². The van der Waals surface area contributed by atoms with E-state index in [4.69, 9.17) is 4.98 Å². The molecule has 1 aliphatic carbocycles. The fraction of sp³-hybridized carbons (Fsp3) is 0.409. The molecule has 3 rings (SSSR count). The lowest BCUT2D eigenvalue weighted by atomic mass is 9.93. The van der Waals surface area contributed by atoms with Gasteiger partial charge in [-0.1, -0.05) is 19.1 Å². The number of fused-ring (bicyclic) bond motifs is 1. The Bertz CT molecular complexity index is 834. The first-order chi connectivity index (χ1) is 12.7. The SMILES string of the molecule is CCCN(CC)C(=O)c1ccc(-c2nc3c(cc2C#N)CCCC3)cc1. The van der Waals surface area contributed by atoms with Crippen LogP contribution in [0.25, 0.3) is 11.3 Å². The van der Waals surface area contributed by atoms with Crippen LogP contribution in [0.1, 0.15) is 60.3 Å². The van der Waals surface area contributed by atoms with Crippen LogP contribution in [-0.4, -0.2) is 28.9 Å². The van der Waals surface area contributed by atoms with Crippen molar-refractivity contribution in [3.63, 3.8) is 0 Å². The predicted octanol–water partition coefficient (Wildman–Crippen LogP) is 4.37. The summed E-state index contributed by atoms with van der Waals surface area (Å²) in [5.41, 5.74) is 5.25. The Balaban J connectivity index is 1.91. The van der Waals surface area contributed by atoms with Crippen molar-refractivity contribution in [1.29, 1.82) is 5.26 Å². The number of hydrogen-bond acceptors (Lipinski definition) is 3. The first-order valence-corrected chi connectivity index (χ1v) is 9.50. The van der Waals surface area contributed by atoms with Crippen LogP contribution in [0.3, 0.4) is 0 Å². The third-order valence-corrected chi connectivity index (χ3v) is 4.99. The first kappa shape index (κ1) is 18.1. The number of carbonyl (C=O) groups is 1. The van der Waals surface area contributed by atoms with Gasteiger partial charge >= 0.3 is 0 Å². The number of nitriles is 1. The highest BCUT2D eigenvalue weighted by Crippen LogP contribution is 2.28. The van der Waals surface area contributed by atoms with Crippen molar-refractivity contribution in [1.82, 2.24) is 9.88 Å². The molecule has 0 radical (unpaired) electrons. The van der Waals surface area contributed by atoms with E-state index in [0.29, 0.717) is 17.7 Å². The van der Waals surface area contributed by atoms with Crippen LogP contribution >= 0.6 is 0 Å². The zero-order chi connectivity index (χ0) is 18.5. The zero-order valence-electron chi connectivity index (χ0n) is 15.6. The van der Waals surface area contributed by atoms with Crippen molar-refractivity contribution in [2.24, 2.45) is 0 Å². The molecular weight excluding hydrogens is 322 g/mol. The van der Waals surface area contributed by atoms with E-state index in [1.165, 1.54) is 12.0 Å². The molecule has 0 spiro atoms. The lowest BCUT2D eigenvalue weighted by Gasteiger charge is -2.20. The number of pyridine rings is 1. The van der Waals surface area contributed by atoms with Crippen molar-refractivity contribution >= 4 is 5.91 Å². The minimum Gasteiger partial charge on any atom is -0.339 e. The quantitative estimate of drug-likeness (QED) is 0.807. The molecule has 0 saturated heterocycles. The van der Waals surface area contributed by atoms with Gasteiger partial charge < -0.3 is 4.90 Å². The molecule has 0 aliphatic heterocycles. The molecular formula is C22H25N3O. The van der Waals surface area contributed by atoms with Crippen molar-refractivity contribution in [2.45, 2.75) is 46.0 Å². The average molecular weight is 347 g/mol. The summed E-state index contributed by atoms with van der Waals surface area (Å²) >= 11 is 0. The van der Waals surface area contributed by atoms with E-state index in [1.54, 1.807) is 0 Å². The van der Waals surface area contributed by atoms with Gasteiger partial charge in [0.25, 0.3) is 5.91 Å². The molecule has 4 heteroatoms. The molecule has 4 nitrogen and oxygen atoms in total. The molecule has 0 saturated carbocycles. The van der Waals surface area contributed by atoms with E-state index in [1.807, 2.05) is 42.2 Å². The molecule has 134 valence electrons. The van der Waals surface area contributed by atoms with Gasteiger partial charge in [0.05, 0.1) is 11.3 Å². The second-order valence-electron chi connectivity index (χ2n) is 6.77. The Kier molecular flexibility index (Phi) is 5.68. The summed E-state index contributed by atoms with van der Waals surface area (Å²) in [4.78, 5) is 19.2. The summed E-state index contributed by atoms with van der Waals surface area (Å²) in [5.74, 6) is 0.0554. The van der Waals surface area contributed by atoms with E-state index in [2.05, 4.69) is 13.0 Å². The Morgan fingerprint density at radius 3 is 2.58 bits per heavy atom. The molecule has 1 aromatic carbocycles. The van der Waals surface area contributed by atoms with E-state index in [9.17, 15) is 10.1 Å². The molecule has 2 aromatic rings. The standard InChI is InChI=1S/C22H25N3O/c1-3-13-25(4-2)22(26)17-11-9-16(10-12-17)21-19(15-23)14-18-7-5-6-8-20(18)24-21/h9-12,14H,3-8,13H2,1-2H3. The zero-order valence-corrected chi connectivity index (χ0v) is 15.6. The van der Waals surface area contributed by atoms with Crippen LogP contribution in [0.5, 0.6) is 0 Å². The third kappa shape index (κ3) is 3.62. The summed E-state index contributed by atoms with van der Waals surface area (Å²) in [6.07, 6.45) is 5.26. The van der Waals surface area contributed by atoms with Crippen LogP contribution in [0.15, 0.2) is 30.3 Å². The minimum absolute atomic E-state index is 0.0554. The summed E-state index contributed by atoms with van der Waals surface area (Å²) in [6, 6.07) is 11.8.